The highest BCUT2D eigenvalue weighted by Crippen LogP contribution is 2.47. The third-order valence-corrected chi connectivity index (χ3v) is 12.5. The molecule has 0 saturated heterocycles. The Kier molecular flexibility index (Phi) is 39.2. The standard InChI is InChI=1S/C53H91O13P/c1-3-5-7-9-11-13-15-17-19-20-21-22-23-24-25-26-28-29-31-33-35-37-39-41-46(54)63-43-45(44-64-67(61,62)66-53-51(59)49(57)48(56)50(58)52(53)60)65-47(55)42-40-38-36-34-32-30-27-18-16-14-12-10-8-6-4-2/h6,8,12,14-15,17-18,20-21,27,32,34,45,48-53,56-60H,3-5,7,9-11,13,16,19,22-26,28-31,33,35-44H2,1-2H3,(H,61,62)/b8-6-,14-12-,17-15-,21-20-,27-18-,34-32-. The van der Waals surface area contributed by atoms with Crippen molar-refractivity contribution < 1.29 is 63.1 Å². The van der Waals surface area contributed by atoms with Crippen LogP contribution in [0.25, 0.3) is 0 Å². The molecule has 6 atom stereocenters. The van der Waals surface area contributed by atoms with Gasteiger partial charge in [-0.1, -0.05) is 170 Å². The fourth-order valence-electron chi connectivity index (χ4n) is 7.43. The predicted octanol–water partition coefficient (Wildman–Crippen LogP) is 11.1. The summed E-state index contributed by atoms with van der Waals surface area (Å²) in [6.07, 6.45) is 41.0. The van der Waals surface area contributed by atoms with Crippen LogP contribution in [-0.2, 0) is 32.7 Å². The number of phosphoric acid groups is 1. The second-order valence-corrected chi connectivity index (χ2v) is 19.0. The first kappa shape index (κ1) is 62.3. The number of phosphoric ester groups is 1. The molecule has 0 heterocycles. The predicted molar refractivity (Wildman–Crippen MR) is 267 cm³/mol. The van der Waals surface area contributed by atoms with Crippen molar-refractivity contribution >= 4 is 19.8 Å². The molecule has 1 aliphatic carbocycles. The molecule has 0 bridgehead atoms. The molecule has 1 aliphatic rings. The molecule has 1 saturated carbocycles. The van der Waals surface area contributed by atoms with Crippen molar-refractivity contribution in [1.29, 1.82) is 0 Å². The number of aliphatic hydroxyl groups excluding tert-OH is 5. The SMILES string of the molecule is CC/C=C\C/C=C\C/C=C\C/C=C\CCCCC(=O)OC(COC(=O)CCCCCCCCCCCCC/C=C\C/C=C\CCCCCCC)COP(=O)(O)OC1C(O)C(O)C(O)C(O)C1O. The average Bonchev–Trinajstić information content (AvgIpc) is 3.31. The van der Waals surface area contributed by atoms with Gasteiger partial charge in [0.25, 0.3) is 0 Å². The van der Waals surface area contributed by atoms with Gasteiger partial charge < -0.3 is 39.9 Å². The van der Waals surface area contributed by atoms with Gasteiger partial charge in [-0.15, -0.1) is 0 Å². The number of allylic oxidation sites excluding steroid dienone is 12. The molecule has 1 rings (SSSR count). The maximum absolute atomic E-state index is 12.8. The highest BCUT2D eigenvalue weighted by molar-refractivity contribution is 7.47. The summed E-state index contributed by atoms with van der Waals surface area (Å²) < 4.78 is 33.6. The van der Waals surface area contributed by atoms with Crippen LogP contribution in [-0.4, -0.2) is 98.3 Å². The lowest BCUT2D eigenvalue weighted by Crippen LogP contribution is -2.64. The van der Waals surface area contributed by atoms with Gasteiger partial charge in [-0.05, 0) is 83.5 Å². The molecule has 67 heavy (non-hydrogen) atoms. The molecule has 0 amide bonds. The monoisotopic (exact) mass is 967 g/mol. The van der Waals surface area contributed by atoms with Gasteiger partial charge in [-0.2, -0.15) is 0 Å². The van der Waals surface area contributed by atoms with Crippen molar-refractivity contribution in [3.05, 3.63) is 72.9 Å². The van der Waals surface area contributed by atoms with Crippen LogP contribution in [0.4, 0.5) is 0 Å². The maximum Gasteiger partial charge on any atom is 0.472 e. The molecule has 0 radical (unpaired) electrons. The number of esters is 2. The van der Waals surface area contributed by atoms with Gasteiger partial charge in [-0.3, -0.25) is 18.6 Å². The Morgan fingerprint density at radius 1 is 0.478 bits per heavy atom. The molecular weight excluding hydrogens is 876 g/mol. The Bertz CT molecular complexity index is 1440. The Morgan fingerprint density at radius 3 is 1.33 bits per heavy atom. The number of aliphatic hydroxyl groups is 5. The minimum atomic E-state index is -5.14. The van der Waals surface area contributed by atoms with Gasteiger partial charge in [0.1, 0.15) is 43.2 Å². The van der Waals surface area contributed by atoms with Gasteiger partial charge in [0.2, 0.25) is 0 Å². The highest BCUT2D eigenvalue weighted by Gasteiger charge is 2.51. The first-order chi connectivity index (χ1) is 32.4. The van der Waals surface area contributed by atoms with E-state index in [9.17, 15) is 44.6 Å². The number of ether oxygens (including phenoxy) is 2. The number of carbonyl (C=O) groups excluding carboxylic acids is 2. The fraction of sp³-hybridized carbons (Fsp3) is 0.736. The first-order valence-electron chi connectivity index (χ1n) is 25.7. The van der Waals surface area contributed by atoms with Crippen LogP contribution in [0.3, 0.4) is 0 Å². The largest absolute Gasteiger partial charge is 0.472 e. The lowest BCUT2D eigenvalue weighted by molar-refractivity contribution is -0.220. The summed E-state index contributed by atoms with van der Waals surface area (Å²) in [5.41, 5.74) is 0. The minimum absolute atomic E-state index is 0.0411. The molecule has 0 aromatic rings. The van der Waals surface area contributed by atoms with E-state index in [0.29, 0.717) is 19.3 Å². The van der Waals surface area contributed by atoms with E-state index in [0.717, 1.165) is 70.6 Å². The summed E-state index contributed by atoms with van der Waals surface area (Å²) in [5, 5.41) is 50.2. The van der Waals surface area contributed by atoms with E-state index in [1.54, 1.807) is 0 Å². The molecule has 1 fully saturated rings. The summed E-state index contributed by atoms with van der Waals surface area (Å²) in [7, 11) is -5.14. The van der Waals surface area contributed by atoms with E-state index in [1.807, 2.05) is 0 Å². The highest BCUT2D eigenvalue weighted by atomic mass is 31.2. The van der Waals surface area contributed by atoms with Crippen molar-refractivity contribution in [3.8, 4) is 0 Å². The Labute approximate surface area is 404 Å². The third-order valence-electron chi connectivity index (χ3n) is 11.5. The van der Waals surface area contributed by atoms with Gasteiger partial charge in [0.05, 0.1) is 6.61 Å². The fourth-order valence-corrected chi connectivity index (χ4v) is 8.40. The van der Waals surface area contributed by atoms with Crippen molar-refractivity contribution in [2.75, 3.05) is 13.2 Å². The average molecular weight is 967 g/mol. The molecule has 6 N–H and O–H groups in total. The third kappa shape index (κ3) is 34.3. The summed E-state index contributed by atoms with van der Waals surface area (Å²) in [4.78, 5) is 35.8. The van der Waals surface area contributed by atoms with Crippen LogP contribution in [0.15, 0.2) is 72.9 Å². The number of carbonyl (C=O) groups is 2. The van der Waals surface area contributed by atoms with Crippen LogP contribution in [0.1, 0.15) is 194 Å². The first-order valence-corrected chi connectivity index (χ1v) is 27.2. The summed E-state index contributed by atoms with van der Waals surface area (Å²) in [6.45, 7) is 3.15. The second kappa shape index (κ2) is 42.2. The molecule has 0 aliphatic heterocycles. The molecule has 13 nitrogen and oxygen atoms in total. The molecule has 0 aromatic carbocycles. The van der Waals surface area contributed by atoms with Crippen LogP contribution in [0, 0.1) is 0 Å². The number of unbranched alkanes of at least 4 members (excludes halogenated alkanes) is 18. The van der Waals surface area contributed by atoms with Gasteiger partial charge in [0, 0.05) is 12.8 Å². The molecule has 386 valence electrons. The molecule has 0 aromatic heterocycles. The zero-order chi connectivity index (χ0) is 49.2. The summed E-state index contributed by atoms with van der Waals surface area (Å²) >= 11 is 0. The van der Waals surface area contributed by atoms with E-state index >= 15 is 0 Å². The number of rotatable bonds is 42. The van der Waals surface area contributed by atoms with Gasteiger partial charge >= 0.3 is 19.8 Å². The van der Waals surface area contributed by atoms with E-state index in [1.165, 1.54) is 77.0 Å². The summed E-state index contributed by atoms with van der Waals surface area (Å²) in [6, 6.07) is 0. The van der Waals surface area contributed by atoms with E-state index in [2.05, 4.69) is 86.8 Å². The van der Waals surface area contributed by atoms with Crippen molar-refractivity contribution in [2.24, 2.45) is 0 Å². The van der Waals surface area contributed by atoms with E-state index in [-0.39, 0.29) is 12.8 Å². The van der Waals surface area contributed by atoms with Crippen molar-refractivity contribution in [3.63, 3.8) is 0 Å². The minimum Gasteiger partial charge on any atom is -0.462 e. The molecule has 0 spiro atoms. The smallest absolute Gasteiger partial charge is 0.462 e. The molecule has 14 heteroatoms. The van der Waals surface area contributed by atoms with Crippen molar-refractivity contribution in [2.45, 2.75) is 236 Å². The Hall–Kier alpha value is -2.71. The summed E-state index contributed by atoms with van der Waals surface area (Å²) in [5.74, 6) is -1.15. The normalized spacial score (nSPS) is 21.7. The zero-order valence-electron chi connectivity index (χ0n) is 41.2. The lowest BCUT2D eigenvalue weighted by Gasteiger charge is -2.41. The van der Waals surface area contributed by atoms with Gasteiger partial charge in [0.15, 0.2) is 6.10 Å². The quantitative estimate of drug-likeness (QED) is 0.0146. The van der Waals surface area contributed by atoms with Crippen LogP contribution in [0.5, 0.6) is 0 Å². The van der Waals surface area contributed by atoms with Crippen molar-refractivity contribution in [1.82, 2.24) is 0 Å². The number of hydrogen-bond acceptors (Lipinski definition) is 12. The number of hydrogen-bond donors (Lipinski definition) is 6. The zero-order valence-corrected chi connectivity index (χ0v) is 42.1. The Balaban J connectivity index is 2.39. The van der Waals surface area contributed by atoms with Crippen LogP contribution >= 0.6 is 7.82 Å². The maximum atomic E-state index is 12.8. The lowest BCUT2D eigenvalue weighted by atomic mass is 9.85. The van der Waals surface area contributed by atoms with Crippen LogP contribution in [0.2, 0.25) is 0 Å². The van der Waals surface area contributed by atoms with E-state index in [4.69, 9.17) is 18.5 Å². The van der Waals surface area contributed by atoms with Gasteiger partial charge in [-0.25, -0.2) is 4.57 Å². The van der Waals surface area contributed by atoms with E-state index < -0.39 is 75.7 Å². The topological polar surface area (TPSA) is 210 Å². The Morgan fingerprint density at radius 2 is 0.851 bits per heavy atom. The van der Waals surface area contributed by atoms with Crippen LogP contribution < -0.4 is 0 Å². The molecular formula is C53H91O13P. The molecule has 6 unspecified atom stereocenters. The second-order valence-electron chi connectivity index (χ2n) is 17.6.